The Bertz CT molecular complexity index is 1040. The number of nitro groups is 1. The Morgan fingerprint density at radius 3 is 2.76 bits per heavy atom. The molecule has 1 aromatic heterocycles. The molecule has 0 spiro atoms. The smallest absolute Gasteiger partial charge is 0.270 e. The third-order valence-corrected chi connectivity index (χ3v) is 4.54. The summed E-state index contributed by atoms with van der Waals surface area (Å²) in [6.45, 7) is 2.32. The molecule has 6 nitrogen and oxygen atoms in total. The maximum absolute atomic E-state index is 11.3. The van der Waals surface area contributed by atoms with Gasteiger partial charge >= 0.3 is 0 Å². The van der Waals surface area contributed by atoms with Gasteiger partial charge in [0.25, 0.3) is 5.69 Å². The lowest BCUT2D eigenvalue weighted by molar-refractivity contribution is -0.384. The van der Waals surface area contributed by atoms with Crippen LogP contribution in [-0.2, 0) is 6.54 Å². The van der Waals surface area contributed by atoms with Crippen molar-refractivity contribution < 1.29 is 4.92 Å². The van der Waals surface area contributed by atoms with E-state index in [4.69, 9.17) is 11.6 Å². The minimum absolute atomic E-state index is 0.0136. The molecule has 0 N–H and O–H groups in total. The number of halogens is 1. The number of nitro benzene ring substituents is 1. The van der Waals surface area contributed by atoms with Crippen molar-refractivity contribution in [3.8, 4) is 5.69 Å². The molecule has 4 rings (SSSR count). The molecule has 0 bridgehead atoms. The van der Waals surface area contributed by atoms with Crippen molar-refractivity contribution in [3.05, 3.63) is 86.4 Å². The molecule has 0 radical (unpaired) electrons. The van der Waals surface area contributed by atoms with E-state index in [2.05, 4.69) is 9.98 Å². The molecule has 2 heterocycles. The normalized spacial score (nSPS) is 12.8. The largest absolute Gasteiger partial charge is 0.299 e. The fraction of sp³-hybridized carbons (Fsp3) is 0.111. The van der Waals surface area contributed by atoms with E-state index < -0.39 is 4.92 Å². The predicted octanol–water partition coefficient (Wildman–Crippen LogP) is 4.09. The Kier molecular flexibility index (Phi) is 3.62. The minimum atomic E-state index is -0.406. The molecule has 0 amide bonds. The summed E-state index contributed by atoms with van der Waals surface area (Å²) < 4.78 is 1.98. The highest BCUT2D eigenvalue weighted by Crippen LogP contribution is 2.31. The van der Waals surface area contributed by atoms with Crippen LogP contribution in [0.5, 0.6) is 0 Å². The van der Waals surface area contributed by atoms with Crippen molar-refractivity contribution in [1.82, 2.24) is 9.55 Å². The van der Waals surface area contributed by atoms with E-state index in [1.54, 1.807) is 24.4 Å². The predicted molar refractivity (Wildman–Crippen MR) is 95.8 cm³/mol. The van der Waals surface area contributed by atoms with Gasteiger partial charge in [-0.25, -0.2) is 4.98 Å². The van der Waals surface area contributed by atoms with Crippen LogP contribution in [0.3, 0.4) is 0 Å². The SMILES string of the molecule is Cc1cnc2n1-c1ccc([N+](=O)[O-])cc1C(c1ccccc1Cl)=NC2. The number of hydrogen-bond donors (Lipinski definition) is 0. The van der Waals surface area contributed by atoms with Gasteiger partial charge in [0.2, 0.25) is 0 Å². The van der Waals surface area contributed by atoms with E-state index in [9.17, 15) is 10.1 Å². The van der Waals surface area contributed by atoms with Crippen LogP contribution < -0.4 is 0 Å². The highest BCUT2D eigenvalue weighted by Gasteiger charge is 2.24. The van der Waals surface area contributed by atoms with Gasteiger partial charge in [-0.3, -0.25) is 19.7 Å². The van der Waals surface area contributed by atoms with Gasteiger partial charge in [-0.15, -0.1) is 0 Å². The standard InChI is InChI=1S/C18H13ClN4O2/c1-11-9-20-17-10-21-18(13-4-2-3-5-15(13)19)14-8-12(23(24)25)6-7-16(14)22(11)17/h2-9H,10H2,1H3. The fourth-order valence-corrected chi connectivity index (χ4v) is 3.29. The van der Waals surface area contributed by atoms with Gasteiger partial charge in [0.15, 0.2) is 0 Å². The lowest BCUT2D eigenvalue weighted by atomic mass is 9.99. The summed E-state index contributed by atoms with van der Waals surface area (Å²) in [5.74, 6) is 0.787. The molecule has 0 unspecified atom stereocenters. The van der Waals surface area contributed by atoms with Crippen LogP contribution in [0.15, 0.2) is 53.7 Å². The highest BCUT2D eigenvalue weighted by molar-refractivity contribution is 6.35. The van der Waals surface area contributed by atoms with Crippen LogP contribution in [0.1, 0.15) is 22.6 Å². The molecule has 0 aliphatic carbocycles. The first-order valence-electron chi connectivity index (χ1n) is 7.68. The molecule has 0 fully saturated rings. The van der Waals surface area contributed by atoms with E-state index >= 15 is 0 Å². The summed E-state index contributed by atoms with van der Waals surface area (Å²) in [5.41, 5.74) is 3.82. The molecule has 0 saturated heterocycles. The minimum Gasteiger partial charge on any atom is -0.299 e. The number of rotatable bonds is 2. The Balaban J connectivity index is 2.03. The molecule has 0 saturated carbocycles. The monoisotopic (exact) mass is 352 g/mol. The fourth-order valence-electron chi connectivity index (χ4n) is 3.07. The molecule has 0 atom stereocenters. The molecular formula is C18H13ClN4O2. The van der Waals surface area contributed by atoms with Gasteiger partial charge in [-0.05, 0) is 19.1 Å². The number of nitrogens with zero attached hydrogens (tertiary/aromatic N) is 4. The van der Waals surface area contributed by atoms with Crippen molar-refractivity contribution >= 4 is 23.0 Å². The second-order valence-electron chi connectivity index (χ2n) is 5.75. The molecule has 124 valence electrons. The summed E-state index contributed by atoms with van der Waals surface area (Å²) in [6.07, 6.45) is 1.77. The first-order chi connectivity index (χ1) is 12.1. The van der Waals surface area contributed by atoms with E-state index in [0.29, 0.717) is 22.8 Å². The van der Waals surface area contributed by atoms with Gasteiger partial charge in [0.05, 0.1) is 22.9 Å². The Morgan fingerprint density at radius 1 is 1.20 bits per heavy atom. The van der Waals surface area contributed by atoms with E-state index in [-0.39, 0.29) is 5.69 Å². The number of non-ortho nitro benzene ring substituents is 1. The second-order valence-corrected chi connectivity index (χ2v) is 6.16. The summed E-state index contributed by atoms with van der Waals surface area (Å²) in [4.78, 5) is 19.9. The number of imidazole rings is 1. The molecule has 7 heteroatoms. The van der Waals surface area contributed by atoms with E-state index in [0.717, 1.165) is 22.8 Å². The molecule has 1 aliphatic heterocycles. The van der Waals surface area contributed by atoms with Crippen molar-refractivity contribution in [2.45, 2.75) is 13.5 Å². The molecule has 1 aliphatic rings. The van der Waals surface area contributed by atoms with Crippen LogP contribution in [0, 0.1) is 17.0 Å². The summed E-state index contributed by atoms with van der Waals surface area (Å²) >= 11 is 6.36. The molecule has 2 aromatic carbocycles. The lowest BCUT2D eigenvalue weighted by Crippen LogP contribution is -2.09. The molecule has 3 aromatic rings. The first-order valence-corrected chi connectivity index (χ1v) is 8.06. The number of benzene rings is 2. The van der Waals surface area contributed by atoms with Gasteiger partial charge in [0, 0.05) is 40.2 Å². The van der Waals surface area contributed by atoms with Crippen LogP contribution in [0.25, 0.3) is 5.69 Å². The Hall–Kier alpha value is -2.99. The third kappa shape index (κ3) is 2.51. The van der Waals surface area contributed by atoms with Crippen molar-refractivity contribution in [3.63, 3.8) is 0 Å². The van der Waals surface area contributed by atoms with Crippen molar-refractivity contribution in [1.29, 1.82) is 0 Å². The number of fused-ring (bicyclic) bond motifs is 3. The van der Waals surface area contributed by atoms with E-state index in [1.807, 2.05) is 29.7 Å². The summed E-state index contributed by atoms with van der Waals surface area (Å²) in [6, 6.07) is 12.1. The number of aromatic nitrogens is 2. The topological polar surface area (TPSA) is 73.3 Å². The number of aryl methyl sites for hydroxylation is 1. The maximum atomic E-state index is 11.3. The number of hydrogen-bond acceptors (Lipinski definition) is 4. The second kappa shape index (κ2) is 5.82. The van der Waals surface area contributed by atoms with Gasteiger partial charge in [0.1, 0.15) is 5.82 Å². The van der Waals surface area contributed by atoms with Crippen LogP contribution in [0.2, 0.25) is 5.02 Å². The van der Waals surface area contributed by atoms with Crippen LogP contribution in [0.4, 0.5) is 5.69 Å². The van der Waals surface area contributed by atoms with Gasteiger partial charge in [-0.2, -0.15) is 0 Å². The van der Waals surface area contributed by atoms with E-state index in [1.165, 1.54) is 6.07 Å². The van der Waals surface area contributed by atoms with Gasteiger partial charge in [-0.1, -0.05) is 29.8 Å². The highest BCUT2D eigenvalue weighted by atomic mass is 35.5. The summed E-state index contributed by atoms with van der Waals surface area (Å²) in [5, 5.41) is 11.8. The van der Waals surface area contributed by atoms with Gasteiger partial charge < -0.3 is 0 Å². The average Bonchev–Trinajstić information content (AvgIpc) is 2.88. The van der Waals surface area contributed by atoms with Crippen LogP contribution >= 0.6 is 11.6 Å². The zero-order valence-electron chi connectivity index (χ0n) is 13.3. The zero-order chi connectivity index (χ0) is 17.6. The Morgan fingerprint density at radius 2 is 2.00 bits per heavy atom. The van der Waals surface area contributed by atoms with Crippen molar-refractivity contribution in [2.24, 2.45) is 4.99 Å². The quantitative estimate of drug-likeness (QED) is 0.515. The number of aliphatic imine (C=N–C) groups is 1. The molecule has 25 heavy (non-hydrogen) atoms. The third-order valence-electron chi connectivity index (χ3n) is 4.21. The zero-order valence-corrected chi connectivity index (χ0v) is 14.1. The van der Waals surface area contributed by atoms with Crippen LogP contribution in [-0.4, -0.2) is 20.2 Å². The molecular weight excluding hydrogens is 340 g/mol. The Labute approximate surface area is 148 Å². The van der Waals surface area contributed by atoms with Crippen molar-refractivity contribution in [2.75, 3.05) is 0 Å². The maximum Gasteiger partial charge on any atom is 0.270 e. The lowest BCUT2D eigenvalue weighted by Gasteiger charge is -2.13. The summed E-state index contributed by atoms with van der Waals surface area (Å²) in [7, 11) is 0. The average molecular weight is 353 g/mol. The first kappa shape index (κ1) is 15.5.